The van der Waals surface area contributed by atoms with Gasteiger partial charge in [-0.3, -0.25) is 9.52 Å². The van der Waals surface area contributed by atoms with Crippen LogP contribution in [0.3, 0.4) is 0 Å². The molecule has 1 amide bonds. The van der Waals surface area contributed by atoms with Gasteiger partial charge in [-0.1, -0.05) is 48.0 Å². The molecule has 5 nitrogen and oxygen atoms in total. The third-order valence-corrected chi connectivity index (χ3v) is 5.36. The average Bonchev–Trinajstić information content (AvgIpc) is 2.64. The lowest BCUT2D eigenvalue weighted by atomic mass is 10.1. The van der Waals surface area contributed by atoms with Gasteiger partial charge in [-0.05, 0) is 48.9 Å². The van der Waals surface area contributed by atoms with Gasteiger partial charge in [0.15, 0.2) is 0 Å². The largest absolute Gasteiger partial charge is 0.326 e. The number of benzene rings is 3. The molecule has 0 heterocycles. The summed E-state index contributed by atoms with van der Waals surface area (Å²) in [7, 11) is -3.64. The molecule has 0 spiro atoms. The molecule has 138 valence electrons. The first-order valence-corrected chi connectivity index (χ1v) is 9.94. The second-order valence-electron chi connectivity index (χ2n) is 6.21. The number of amides is 1. The molecule has 0 saturated heterocycles. The molecular formula is C21H20N2O3S. The zero-order valence-electron chi connectivity index (χ0n) is 14.8. The second-order valence-corrected chi connectivity index (χ2v) is 7.89. The maximum Gasteiger partial charge on any atom is 0.261 e. The van der Waals surface area contributed by atoms with Crippen molar-refractivity contribution in [3.8, 4) is 0 Å². The summed E-state index contributed by atoms with van der Waals surface area (Å²) in [5, 5.41) is 2.80. The molecule has 2 N–H and O–H groups in total. The first-order valence-electron chi connectivity index (χ1n) is 8.46. The molecule has 0 unspecified atom stereocenters. The van der Waals surface area contributed by atoms with Crippen LogP contribution in [0.1, 0.15) is 11.1 Å². The quantitative estimate of drug-likeness (QED) is 0.679. The van der Waals surface area contributed by atoms with Crippen molar-refractivity contribution in [1.29, 1.82) is 0 Å². The summed E-state index contributed by atoms with van der Waals surface area (Å²) in [6.07, 6.45) is 0.280. The fourth-order valence-corrected chi connectivity index (χ4v) is 3.60. The molecule has 0 saturated carbocycles. The Morgan fingerprint density at radius 1 is 0.815 bits per heavy atom. The van der Waals surface area contributed by atoms with E-state index in [0.29, 0.717) is 11.4 Å². The van der Waals surface area contributed by atoms with Gasteiger partial charge in [0.1, 0.15) is 0 Å². The van der Waals surface area contributed by atoms with Gasteiger partial charge in [0, 0.05) is 11.4 Å². The number of carbonyl (C=O) groups excluding carboxylic acids is 1. The van der Waals surface area contributed by atoms with E-state index in [1.807, 2.05) is 37.3 Å². The molecule has 3 aromatic carbocycles. The normalized spacial score (nSPS) is 11.0. The molecule has 0 fully saturated rings. The summed E-state index contributed by atoms with van der Waals surface area (Å²) in [6, 6.07) is 22.6. The van der Waals surface area contributed by atoms with Crippen molar-refractivity contribution in [1.82, 2.24) is 0 Å². The standard InChI is InChI=1S/C21H20N2O3S/c1-16-7-13-20(14-8-16)27(25,26)23-19-11-9-18(10-12-19)22-21(24)15-17-5-3-2-4-6-17/h2-14,23H,15H2,1H3,(H,22,24). The Hall–Kier alpha value is -3.12. The van der Waals surface area contributed by atoms with Gasteiger partial charge >= 0.3 is 0 Å². The molecule has 0 aliphatic carbocycles. The number of sulfonamides is 1. The summed E-state index contributed by atoms with van der Waals surface area (Å²) in [5.74, 6) is -0.130. The van der Waals surface area contributed by atoms with Gasteiger partial charge in [0.25, 0.3) is 10.0 Å². The molecule has 0 aliphatic heterocycles. The van der Waals surface area contributed by atoms with Gasteiger partial charge in [0.2, 0.25) is 5.91 Å². The van der Waals surface area contributed by atoms with Gasteiger partial charge in [-0.25, -0.2) is 8.42 Å². The minimum atomic E-state index is -3.64. The van der Waals surface area contributed by atoms with Crippen LogP contribution in [0.2, 0.25) is 0 Å². The molecule has 0 aliphatic rings. The van der Waals surface area contributed by atoms with Gasteiger partial charge in [-0.15, -0.1) is 0 Å². The van der Waals surface area contributed by atoms with Gasteiger partial charge < -0.3 is 5.32 Å². The van der Waals surface area contributed by atoms with E-state index in [1.54, 1.807) is 48.5 Å². The van der Waals surface area contributed by atoms with Crippen molar-refractivity contribution >= 4 is 27.3 Å². The molecule has 27 heavy (non-hydrogen) atoms. The molecule has 3 rings (SSSR count). The lowest BCUT2D eigenvalue weighted by Gasteiger charge is -2.10. The summed E-state index contributed by atoms with van der Waals surface area (Å²) in [5.41, 5.74) is 2.95. The Morgan fingerprint density at radius 2 is 1.41 bits per heavy atom. The highest BCUT2D eigenvalue weighted by atomic mass is 32.2. The van der Waals surface area contributed by atoms with Crippen LogP contribution < -0.4 is 10.0 Å². The maximum atomic E-state index is 12.4. The van der Waals surface area contributed by atoms with Gasteiger partial charge in [0.05, 0.1) is 11.3 Å². The number of hydrogen-bond acceptors (Lipinski definition) is 3. The average molecular weight is 380 g/mol. The zero-order chi connectivity index (χ0) is 19.3. The van der Waals surface area contributed by atoms with Crippen molar-refractivity contribution in [3.05, 3.63) is 90.0 Å². The number of rotatable bonds is 6. The van der Waals surface area contributed by atoms with Crippen molar-refractivity contribution in [2.24, 2.45) is 0 Å². The first kappa shape index (κ1) is 18.7. The van der Waals surface area contributed by atoms with E-state index in [9.17, 15) is 13.2 Å². The SMILES string of the molecule is Cc1ccc(S(=O)(=O)Nc2ccc(NC(=O)Cc3ccccc3)cc2)cc1. The van der Waals surface area contributed by atoms with E-state index in [2.05, 4.69) is 10.0 Å². The third-order valence-electron chi connectivity index (χ3n) is 3.96. The molecule has 6 heteroatoms. The van der Waals surface area contributed by atoms with Crippen LogP contribution in [-0.4, -0.2) is 14.3 Å². The van der Waals surface area contributed by atoms with Crippen LogP contribution in [0.4, 0.5) is 11.4 Å². The van der Waals surface area contributed by atoms with E-state index < -0.39 is 10.0 Å². The first-order chi connectivity index (χ1) is 12.9. The molecule has 0 radical (unpaired) electrons. The topological polar surface area (TPSA) is 75.3 Å². The molecule has 0 aromatic heterocycles. The number of aryl methyl sites for hydroxylation is 1. The van der Waals surface area contributed by atoms with E-state index in [4.69, 9.17) is 0 Å². The Labute approximate surface area is 159 Å². The lowest BCUT2D eigenvalue weighted by molar-refractivity contribution is -0.115. The predicted molar refractivity (Wildman–Crippen MR) is 107 cm³/mol. The van der Waals surface area contributed by atoms with E-state index in [0.717, 1.165) is 11.1 Å². The van der Waals surface area contributed by atoms with Crippen LogP contribution in [0, 0.1) is 6.92 Å². The molecule has 0 atom stereocenters. The highest BCUT2D eigenvalue weighted by Crippen LogP contribution is 2.19. The Balaban J connectivity index is 1.63. The molecule has 0 bridgehead atoms. The Bertz CT molecular complexity index is 1010. The van der Waals surface area contributed by atoms with E-state index in [-0.39, 0.29) is 17.2 Å². The van der Waals surface area contributed by atoms with Crippen molar-refractivity contribution < 1.29 is 13.2 Å². The predicted octanol–water partition coefficient (Wildman–Crippen LogP) is 3.98. The summed E-state index contributed by atoms with van der Waals surface area (Å²) in [6.45, 7) is 1.90. The number of hydrogen-bond donors (Lipinski definition) is 2. The van der Waals surface area contributed by atoms with Crippen LogP contribution in [0.25, 0.3) is 0 Å². The highest BCUT2D eigenvalue weighted by molar-refractivity contribution is 7.92. The number of anilines is 2. The van der Waals surface area contributed by atoms with Crippen LogP contribution in [0.5, 0.6) is 0 Å². The maximum absolute atomic E-state index is 12.4. The van der Waals surface area contributed by atoms with Crippen LogP contribution >= 0.6 is 0 Å². The summed E-state index contributed by atoms with van der Waals surface area (Å²) in [4.78, 5) is 12.3. The Kier molecular flexibility index (Phi) is 5.57. The van der Waals surface area contributed by atoms with Crippen molar-refractivity contribution in [2.75, 3.05) is 10.0 Å². The summed E-state index contributed by atoms with van der Waals surface area (Å²) < 4.78 is 27.3. The van der Waals surface area contributed by atoms with Crippen LogP contribution in [0.15, 0.2) is 83.8 Å². The molecule has 3 aromatic rings. The fourth-order valence-electron chi connectivity index (χ4n) is 2.54. The fraction of sp³-hybridized carbons (Fsp3) is 0.0952. The minimum absolute atomic E-state index is 0.130. The zero-order valence-corrected chi connectivity index (χ0v) is 15.7. The smallest absolute Gasteiger partial charge is 0.261 e. The number of carbonyl (C=O) groups is 1. The van der Waals surface area contributed by atoms with Crippen LogP contribution in [-0.2, 0) is 21.2 Å². The minimum Gasteiger partial charge on any atom is -0.326 e. The Morgan fingerprint density at radius 3 is 2.04 bits per heavy atom. The second kappa shape index (κ2) is 8.05. The van der Waals surface area contributed by atoms with Crippen molar-refractivity contribution in [2.45, 2.75) is 18.2 Å². The monoisotopic (exact) mass is 380 g/mol. The molecular weight excluding hydrogens is 360 g/mol. The lowest BCUT2D eigenvalue weighted by Crippen LogP contribution is -2.15. The van der Waals surface area contributed by atoms with Gasteiger partial charge in [-0.2, -0.15) is 0 Å². The van der Waals surface area contributed by atoms with E-state index in [1.165, 1.54) is 0 Å². The highest BCUT2D eigenvalue weighted by Gasteiger charge is 2.13. The van der Waals surface area contributed by atoms with E-state index >= 15 is 0 Å². The third kappa shape index (κ3) is 5.18. The van der Waals surface area contributed by atoms with Crippen molar-refractivity contribution in [3.63, 3.8) is 0 Å². The summed E-state index contributed by atoms with van der Waals surface area (Å²) >= 11 is 0. The number of nitrogens with one attached hydrogen (secondary N) is 2.